The number of nitrogens with zero attached hydrogens (tertiary/aromatic N) is 1. The molecule has 76 valence electrons. The van der Waals surface area contributed by atoms with Crippen LogP contribution in [0.1, 0.15) is 17.2 Å². The Morgan fingerprint density at radius 1 is 1.36 bits per heavy atom. The van der Waals surface area contributed by atoms with Crippen molar-refractivity contribution >= 4 is 0 Å². The first-order valence-corrected chi connectivity index (χ1v) is 4.50. The minimum atomic E-state index is -0.588. The van der Waals surface area contributed by atoms with Crippen LogP contribution in [-0.4, -0.2) is 33.8 Å². The Hall–Kier alpha value is -1.26. The molecular weight excluding hydrogens is 182 g/mol. The van der Waals surface area contributed by atoms with Crippen molar-refractivity contribution in [1.29, 1.82) is 0 Å². The number of phenols is 2. The third-order valence-corrected chi connectivity index (χ3v) is 2.57. The molecule has 3 N–H and O–H groups in total. The largest absolute Gasteiger partial charge is 0.504 e. The zero-order chi connectivity index (χ0) is 10.3. The first-order chi connectivity index (χ1) is 6.59. The topological polar surface area (TPSA) is 63.9 Å². The van der Waals surface area contributed by atoms with E-state index in [4.69, 9.17) is 0 Å². The van der Waals surface area contributed by atoms with Crippen LogP contribution in [0.5, 0.6) is 11.5 Å². The lowest BCUT2D eigenvalue weighted by molar-refractivity contribution is 0.106. The second-order valence-electron chi connectivity index (χ2n) is 3.71. The molecule has 0 saturated carbocycles. The van der Waals surface area contributed by atoms with Crippen LogP contribution >= 0.6 is 0 Å². The average molecular weight is 195 g/mol. The number of hydrogen-bond donors (Lipinski definition) is 3. The number of benzene rings is 1. The van der Waals surface area contributed by atoms with Gasteiger partial charge in [0.15, 0.2) is 11.5 Å². The third-order valence-electron chi connectivity index (χ3n) is 2.57. The molecule has 2 rings (SSSR count). The smallest absolute Gasteiger partial charge is 0.162 e. The fourth-order valence-corrected chi connectivity index (χ4v) is 1.85. The van der Waals surface area contributed by atoms with Gasteiger partial charge in [-0.1, -0.05) is 6.07 Å². The lowest BCUT2D eigenvalue weighted by atomic mass is 9.96. The summed E-state index contributed by atoms with van der Waals surface area (Å²) in [6.07, 6.45) is -0.588. The van der Waals surface area contributed by atoms with E-state index in [9.17, 15) is 15.3 Å². The molecule has 0 aliphatic carbocycles. The Balaban J connectivity index is 2.54. The van der Waals surface area contributed by atoms with Crippen LogP contribution in [0.4, 0.5) is 0 Å². The zero-order valence-electron chi connectivity index (χ0n) is 7.94. The number of aliphatic hydroxyl groups is 1. The molecule has 1 heterocycles. The van der Waals surface area contributed by atoms with Gasteiger partial charge in [0.25, 0.3) is 0 Å². The monoisotopic (exact) mass is 195 g/mol. The molecule has 1 atom stereocenters. The van der Waals surface area contributed by atoms with Gasteiger partial charge in [0.05, 0.1) is 6.10 Å². The summed E-state index contributed by atoms with van der Waals surface area (Å²) in [7, 11) is 1.86. The predicted molar refractivity (Wildman–Crippen MR) is 51.1 cm³/mol. The molecule has 1 aromatic rings. The van der Waals surface area contributed by atoms with Crippen LogP contribution in [0.3, 0.4) is 0 Å². The summed E-state index contributed by atoms with van der Waals surface area (Å²) in [4.78, 5) is 1.90. The minimum Gasteiger partial charge on any atom is -0.504 e. The van der Waals surface area contributed by atoms with E-state index < -0.39 is 6.10 Å². The number of likely N-dealkylation sites (N-methyl/N-ethyl adjacent to an activating group) is 1. The summed E-state index contributed by atoms with van der Waals surface area (Å²) < 4.78 is 0. The SMILES string of the molecule is CN1Cc2c(ccc(O)c2O)[C@@H](O)C1. The summed E-state index contributed by atoms with van der Waals surface area (Å²) in [5.74, 6) is -0.251. The molecule has 0 fully saturated rings. The summed E-state index contributed by atoms with van der Waals surface area (Å²) >= 11 is 0. The number of β-amino-alcohol motifs (C(OH)–C–C–N with tert-alkyl or cyclic N) is 1. The van der Waals surface area contributed by atoms with E-state index in [0.29, 0.717) is 24.2 Å². The van der Waals surface area contributed by atoms with Gasteiger partial charge in [-0.3, -0.25) is 4.90 Å². The highest BCUT2D eigenvalue weighted by Crippen LogP contribution is 2.37. The normalized spacial score (nSPS) is 22.0. The number of aliphatic hydroxyl groups excluding tert-OH is 1. The van der Waals surface area contributed by atoms with Gasteiger partial charge in [-0.2, -0.15) is 0 Å². The molecule has 0 aromatic heterocycles. The second kappa shape index (κ2) is 3.15. The molecule has 0 spiro atoms. The molecule has 1 aliphatic rings. The summed E-state index contributed by atoms with van der Waals surface area (Å²) in [5.41, 5.74) is 1.32. The molecule has 0 saturated heterocycles. The van der Waals surface area contributed by atoms with Crippen molar-refractivity contribution in [3.63, 3.8) is 0 Å². The highest BCUT2D eigenvalue weighted by atomic mass is 16.3. The minimum absolute atomic E-state index is 0.117. The van der Waals surface area contributed by atoms with Gasteiger partial charge in [-0.05, 0) is 18.7 Å². The molecule has 0 amide bonds. The fraction of sp³-hybridized carbons (Fsp3) is 0.400. The Labute approximate surface area is 82.0 Å². The number of hydrogen-bond acceptors (Lipinski definition) is 4. The van der Waals surface area contributed by atoms with Gasteiger partial charge in [0.2, 0.25) is 0 Å². The molecule has 1 aromatic carbocycles. The fourth-order valence-electron chi connectivity index (χ4n) is 1.85. The van der Waals surface area contributed by atoms with E-state index in [1.165, 1.54) is 6.07 Å². The van der Waals surface area contributed by atoms with Crippen molar-refractivity contribution in [3.05, 3.63) is 23.3 Å². The van der Waals surface area contributed by atoms with Crippen molar-refractivity contribution in [2.75, 3.05) is 13.6 Å². The van der Waals surface area contributed by atoms with E-state index in [0.717, 1.165) is 0 Å². The number of aromatic hydroxyl groups is 2. The Morgan fingerprint density at radius 3 is 2.79 bits per heavy atom. The quantitative estimate of drug-likeness (QED) is 0.530. The molecule has 0 unspecified atom stereocenters. The lowest BCUT2D eigenvalue weighted by Crippen LogP contribution is -2.30. The maximum Gasteiger partial charge on any atom is 0.162 e. The van der Waals surface area contributed by atoms with E-state index in [-0.39, 0.29) is 11.5 Å². The van der Waals surface area contributed by atoms with Crippen LogP contribution in [-0.2, 0) is 6.54 Å². The molecular formula is C10H13NO3. The maximum absolute atomic E-state index is 9.71. The highest BCUT2D eigenvalue weighted by Gasteiger charge is 2.24. The van der Waals surface area contributed by atoms with Crippen LogP contribution < -0.4 is 0 Å². The number of phenolic OH excluding ortho intramolecular Hbond substituents is 2. The Kier molecular flexibility index (Phi) is 2.09. The standard InChI is InChI=1S/C10H13NO3/c1-11-4-7-6(9(13)5-11)2-3-8(12)10(7)14/h2-3,9,12-14H,4-5H2,1H3/t9-/m0/s1. The zero-order valence-corrected chi connectivity index (χ0v) is 7.94. The summed E-state index contributed by atoms with van der Waals surface area (Å²) in [5, 5.41) is 28.6. The van der Waals surface area contributed by atoms with Crippen LogP contribution in [0.25, 0.3) is 0 Å². The Morgan fingerprint density at radius 2 is 2.07 bits per heavy atom. The molecule has 4 heteroatoms. The van der Waals surface area contributed by atoms with Crippen molar-refractivity contribution in [3.8, 4) is 11.5 Å². The van der Waals surface area contributed by atoms with E-state index in [1.54, 1.807) is 6.07 Å². The molecule has 14 heavy (non-hydrogen) atoms. The first-order valence-electron chi connectivity index (χ1n) is 4.50. The molecule has 1 aliphatic heterocycles. The third kappa shape index (κ3) is 1.32. The van der Waals surface area contributed by atoms with Gasteiger partial charge in [-0.25, -0.2) is 0 Å². The Bertz CT molecular complexity index is 365. The van der Waals surface area contributed by atoms with E-state index >= 15 is 0 Å². The summed E-state index contributed by atoms with van der Waals surface area (Å²) in [6, 6.07) is 3.06. The highest BCUT2D eigenvalue weighted by molar-refractivity contribution is 5.50. The molecule has 4 nitrogen and oxygen atoms in total. The average Bonchev–Trinajstić information content (AvgIpc) is 2.12. The maximum atomic E-state index is 9.71. The molecule has 0 bridgehead atoms. The van der Waals surface area contributed by atoms with Crippen LogP contribution in [0.15, 0.2) is 12.1 Å². The number of fused-ring (bicyclic) bond motifs is 1. The van der Waals surface area contributed by atoms with Gasteiger partial charge in [0, 0.05) is 18.7 Å². The lowest BCUT2D eigenvalue weighted by Gasteiger charge is -2.29. The van der Waals surface area contributed by atoms with Crippen molar-refractivity contribution in [2.45, 2.75) is 12.6 Å². The summed E-state index contributed by atoms with van der Waals surface area (Å²) in [6.45, 7) is 1.10. The second-order valence-corrected chi connectivity index (χ2v) is 3.71. The van der Waals surface area contributed by atoms with Gasteiger partial charge >= 0.3 is 0 Å². The van der Waals surface area contributed by atoms with Gasteiger partial charge in [-0.15, -0.1) is 0 Å². The van der Waals surface area contributed by atoms with Crippen molar-refractivity contribution in [2.24, 2.45) is 0 Å². The predicted octanol–water partition coefficient (Wildman–Crippen LogP) is 0.577. The van der Waals surface area contributed by atoms with Gasteiger partial charge < -0.3 is 15.3 Å². The van der Waals surface area contributed by atoms with Crippen molar-refractivity contribution < 1.29 is 15.3 Å². The van der Waals surface area contributed by atoms with Gasteiger partial charge in [0.1, 0.15) is 0 Å². The van der Waals surface area contributed by atoms with E-state index in [2.05, 4.69) is 0 Å². The van der Waals surface area contributed by atoms with E-state index in [1.807, 2.05) is 11.9 Å². The molecule has 0 radical (unpaired) electrons. The van der Waals surface area contributed by atoms with Crippen LogP contribution in [0, 0.1) is 0 Å². The first kappa shape index (κ1) is 9.30. The van der Waals surface area contributed by atoms with Crippen molar-refractivity contribution in [1.82, 2.24) is 4.90 Å². The van der Waals surface area contributed by atoms with Crippen LogP contribution in [0.2, 0.25) is 0 Å². The number of rotatable bonds is 0.